The highest BCUT2D eigenvalue weighted by Gasteiger charge is 2.11. The fourth-order valence-corrected chi connectivity index (χ4v) is 2.27. The first kappa shape index (κ1) is 16.9. The number of aryl methyl sites for hydroxylation is 2. The summed E-state index contributed by atoms with van der Waals surface area (Å²) in [7, 11) is 1.64. The minimum Gasteiger partial charge on any atom is -0.352 e. The molecule has 0 saturated carbocycles. The Morgan fingerprint density at radius 3 is 2.65 bits per heavy atom. The first-order chi connectivity index (χ1) is 11.0. The van der Waals surface area contributed by atoms with E-state index in [4.69, 9.17) is 0 Å². The Labute approximate surface area is 134 Å². The van der Waals surface area contributed by atoms with Crippen LogP contribution < -0.4 is 10.6 Å². The summed E-state index contributed by atoms with van der Waals surface area (Å²) in [5.41, 5.74) is 3.57. The normalized spacial score (nSPS) is 11.8. The van der Waals surface area contributed by atoms with E-state index in [1.807, 2.05) is 0 Å². The first-order valence-electron chi connectivity index (χ1n) is 7.31. The Morgan fingerprint density at radius 2 is 2.00 bits per heavy atom. The highest BCUT2D eigenvalue weighted by Crippen LogP contribution is 2.12. The molecule has 0 aliphatic heterocycles. The topological polar surface area (TPSA) is 54.2 Å². The molecule has 0 atom stereocenters. The van der Waals surface area contributed by atoms with Gasteiger partial charge in [0.15, 0.2) is 5.96 Å². The predicted molar refractivity (Wildman–Crippen MR) is 86.4 cm³/mol. The lowest BCUT2D eigenvalue weighted by Crippen LogP contribution is -2.37. The van der Waals surface area contributed by atoms with Crippen LogP contribution >= 0.6 is 0 Å². The van der Waals surface area contributed by atoms with Crippen molar-refractivity contribution < 1.29 is 8.78 Å². The van der Waals surface area contributed by atoms with Crippen molar-refractivity contribution in [2.24, 2.45) is 4.99 Å². The predicted octanol–water partition coefficient (Wildman–Crippen LogP) is 2.76. The third kappa shape index (κ3) is 4.51. The second-order valence-electron chi connectivity index (χ2n) is 5.24. The van der Waals surface area contributed by atoms with Crippen LogP contribution in [0.1, 0.15) is 29.1 Å². The Morgan fingerprint density at radius 1 is 1.26 bits per heavy atom. The van der Waals surface area contributed by atoms with E-state index in [9.17, 15) is 8.78 Å². The van der Waals surface area contributed by atoms with E-state index in [0.717, 1.165) is 10.1 Å². The average Bonchev–Trinajstić information content (AvgIpc) is 2.98. The lowest BCUT2D eigenvalue weighted by molar-refractivity contribution is 0.0668. The minimum atomic E-state index is -2.60. The molecular formula is C16H21F2N5. The van der Waals surface area contributed by atoms with Gasteiger partial charge < -0.3 is 10.6 Å². The van der Waals surface area contributed by atoms with Gasteiger partial charge in [-0.25, -0.2) is 4.98 Å². The Bertz CT molecular complexity index is 679. The quantitative estimate of drug-likeness (QED) is 0.658. The monoisotopic (exact) mass is 321 g/mol. The van der Waals surface area contributed by atoms with E-state index in [2.05, 4.69) is 52.7 Å². The molecule has 1 aromatic carbocycles. The molecule has 0 aliphatic rings. The van der Waals surface area contributed by atoms with Crippen LogP contribution in [0.15, 0.2) is 35.6 Å². The molecule has 23 heavy (non-hydrogen) atoms. The second kappa shape index (κ2) is 7.71. The second-order valence-corrected chi connectivity index (χ2v) is 5.24. The molecule has 0 bridgehead atoms. The molecule has 124 valence electrons. The number of guanidine groups is 1. The number of hydrogen-bond donors (Lipinski definition) is 2. The van der Waals surface area contributed by atoms with Crippen LogP contribution in [0.2, 0.25) is 0 Å². The number of imidazole rings is 1. The van der Waals surface area contributed by atoms with E-state index >= 15 is 0 Å². The summed E-state index contributed by atoms with van der Waals surface area (Å²) < 4.78 is 26.3. The van der Waals surface area contributed by atoms with Gasteiger partial charge in [-0.15, -0.1) is 0 Å². The van der Waals surface area contributed by atoms with E-state index in [1.165, 1.54) is 23.5 Å². The van der Waals surface area contributed by atoms with E-state index < -0.39 is 6.55 Å². The molecule has 0 aliphatic carbocycles. The summed E-state index contributed by atoms with van der Waals surface area (Å²) >= 11 is 0. The van der Waals surface area contributed by atoms with E-state index in [-0.39, 0.29) is 12.4 Å². The van der Waals surface area contributed by atoms with Crippen molar-refractivity contribution in [3.8, 4) is 0 Å². The third-order valence-electron chi connectivity index (χ3n) is 3.54. The number of hydrogen-bond acceptors (Lipinski definition) is 2. The van der Waals surface area contributed by atoms with Crippen molar-refractivity contribution in [3.63, 3.8) is 0 Å². The maximum Gasteiger partial charge on any atom is 0.319 e. The SMILES string of the molecule is CN=C(NCc1ccc(C)cc1C)NCc1nccn1C(F)F. The number of aromatic nitrogens is 2. The molecule has 0 amide bonds. The molecular weight excluding hydrogens is 300 g/mol. The van der Waals surface area contributed by atoms with Crippen LogP contribution in [0.25, 0.3) is 0 Å². The summed E-state index contributed by atoms with van der Waals surface area (Å²) in [5.74, 6) is 0.795. The van der Waals surface area contributed by atoms with Gasteiger partial charge in [0, 0.05) is 26.0 Å². The van der Waals surface area contributed by atoms with Gasteiger partial charge in [0.1, 0.15) is 5.82 Å². The number of rotatable bonds is 5. The average molecular weight is 321 g/mol. The van der Waals surface area contributed by atoms with Crippen LogP contribution in [0.4, 0.5) is 8.78 Å². The smallest absolute Gasteiger partial charge is 0.319 e. The maximum atomic E-state index is 12.8. The van der Waals surface area contributed by atoms with Gasteiger partial charge in [-0.2, -0.15) is 8.78 Å². The molecule has 7 heteroatoms. The van der Waals surface area contributed by atoms with Crippen molar-refractivity contribution in [2.45, 2.75) is 33.5 Å². The maximum absolute atomic E-state index is 12.8. The highest BCUT2D eigenvalue weighted by molar-refractivity contribution is 5.79. The number of nitrogens with one attached hydrogen (secondary N) is 2. The van der Waals surface area contributed by atoms with E-state index in [1.54, 1.807) is 7.05 Å². The number of nitrogens with zero attached hydrogens (tertiary/aromatic N) is 3. The number of alkyl halides is 2. The van der Waals surface area contributed by atoms with Gasteiger partial charge in [-0.3, -0.25) is 9.56 Å². The molecule has 0 unspecified atom stereocenters. The zero-order valence-corrected chi connectivity index (χ0v) is 13.5. The van der Waals surface area contributed by atoms with Crippen molar-refractivity contribution in [2.75, 3.05) is 7.05 Å². The largest absolute Gasteiger partial charge is 0.352 e. The zero-order valence-electron chi connectivity index (χ0n) is 13.5. The van der Waals surface area contributed by atoms with Crippen LogP contribution in [0.5, 0.6) is 0 Å². The fourth-order valence-electron chi connectivity index (χ4n) is 2.27. The Kier molecular flexibility index (Phi) is 5.67. The summed E-state index contributed by atoms with van der Waals surface area (Å²) in [5, 5.41) is 6.16. The number of aliphatic imine (C=N–C) groups is 1. The van der Waals surface area contributed by atoms with Crippen LogP contribution in [0, 0.1) is 13.8 Å². The van der Waals surface area contributed by atoms with Crippen molar-refractivity contribution in [1.29, 1.82) is 0 Å². The zero-order chi connectivity index (χ0) is 16.8. The molecule has 2 rings (SSSR count). The molecule has 0 saturated heterocycles. The van der Waals surface area contributed by atoms with E-state index in [0.29, 0.717) is 12.5 Å². The standard InChI is InChI=1S/C16H21F2N5/c1-11-4-5-13(12(2)8-11)9-21-16(19-3)22-10-14-20-6-7-23(14)15(17)18/h4-8,15H,9-10H2,1-3H3,(H2,19,21,22). The van der Waals surface area contributed by atoms with Crippen molar-refractivity contribution in [1.82, 2.24) is 20.2 Å². The van der Waals surface area contributed by atoms with Crippen LogP contribution in [-0.4, -0.2) is 22.6 Å². The van der Waals surface area contributed by atoms with Gasteiger partial charge in [0.25, 0.3) is 0 Å². The van der Waals surface area contributed by atoms with Gasteiger partial charge in [0.2, 0.25) is 0 Å². The van der Waals surface area contributed by atoms with Crippen LogP contribution in [-0.2, 0) is 13.1 Å². The summed E-state index contributed by atoms with van der Waals surface area (Å²) in [6, 6.07) is 6.24. The van der Waals surface area contributed by atoms with Gasteiger partial charge >= 0.3 is 6.55 Å². The molecule has 0 radical (unpaired) electrons. The number of benzene rings is 1. The summed E-state index contributed by atoms with van der Waals surface area (Å²) in [6.07, 6.45) is 2.61. The summed E-state index contributed by atoms with van der Waals surface area (Å²) in [4.78, 5) is 8.02. The fraction of sp³-hybridized carbons (Fsp3) is 0.375. The highest BCUT2D eigenvalue weighted by atomic mass is 19.3. The van der Waals surface area contributed by atoms with Gasteiger partial charge in [-0.05, 0) is 25.0 Å². The minimum absolute atomic E-state index is 0.171. The molecule has 2 aromatic rings. The van der Waals surface area contributed by atoms with Gasteiger partial charge in [0.05, 0.1) is 6.54 Å². The molecule has 2 N–H and O–H groups in total. The molecule has 1 aromatic heterocycles. The number of halogens is 2. The molecule has 5 nitrogen and oxygen atoms in total. The molecule has 1 heterocycles. The van der Waals surface area contributed by atoms with Crippen molar-refractivity contribution in [3.05, 3.63) is 53.1 Å². The third-order valence-corrected chi connectivity index (χ3v) is 3.54. The molecule has 0 spiro atoms. The lowest BCUT2D eigenvalue weighted by atomic mass is 10.1. The lowest BCUT2D eigenvalue weighted by Gasteiger charge is -2.14. The molecule has 0 fully saturated rings. The summed E-state index contributed by atoms with van der Waals surface area (Å²) in [6.45, 7) is 2.29. The first-order valence-corrected chi connectivity index (χ1v) is 7.31. The van der Waals surface area contributed by atoms with Gasteiger partial charge in [-0.1, -0.05) is 23.8 Å². The Hall–Kier alpha value is -2.44. The van der Waals surface area contributed by atoms with Crippen molar-refractivity contribution >= 4 is 5.96 Å². The van der Waals surface area contributed by atoms with Crippen LogP contribution in [0.3, 0.4) is 0 Å². The Balaban J connectivity index is 1.92.